The summed E-state index contributed by atoms with van der Waals surface area (Å²) in [6.07, 6.45) is 3.79. The average Bonchev–Trinajstić information content (AvgIpc) is 2.63. The molecule has 26 heavy (non-hydrogen) atoms. The van der Waals surface area contributed by atoms with Crippen molar-refractivity contribution < 1.29 is 4.79 Å². The van der Waals surface area contributed by atoms with Crippen LogP contribution in [0, 0.1) is 12.8 Å². The Labute approximate surface area is 163 Å². The van der Waals surface area contributed by atoms with Crippen LogP contribution in [-0.2, 0) is 4.79 Å². The maximum absolute atomic E-state index is 11.2. The van der Waals surface area contributed by atoms with Gasteiger partial charge in [-0.05, 0) is 76.4 Å². The highest BCUT2D eigenvalue weighted by molar-refractivity contribution is 6.31. The maximum Gasteiger partial charge on any atom is 0.143 e. The first-order valence-corrected chi connectivity index (χ1v) is 10.3. The van der Waals surface area contributed by atoms with E-state index in [4.69, 9.17) is 11.6 Å². The zero-order chi connectivity index (χ0) is 18.5. The van der Waals surface area contributed by atoms with Gasteiger partial charge in [0.15, 0.2) is 0 Å². The molecule has 0 spiro atoms. The minimum atomic E-state index is 0.288. The monoisotopic (exact) mass is 377 g/mol. The van der Waals surface area contributed by atoms with Crippen molar-refractivity contribution in [1.29, 1.82) is 0 Å². The molecule has 0 N–H and O–H groups in total. The molecule has 0 bridgehead atoms. The number of piperidine rings is 1. The summed E-state index contributed by atoms with van der Waals surface area (Å²) in [5.74, 6) is 1.11. The molecule has 0 amide bonds. The van der Waals surface area contributed by atoms with Crippen LogP contribution in [0.4, 0.5) is 5.69 Å². The van der Waals surface area contributed by atoms with Crippen LogP contribution in [0.3, 0.4) is 0 Å². The van der Waals surface area contributed by atoms with Gasteiger partial charge < -0.3 is 4.90 Å². The normalized spacial score (nSPS) is 20.5. The number of carbonyl (C=O) groups excluding carboxylic acids is 1. The number of anilines is 1. The summed E-state index contributed by atoms with van der Waals surface area (Å²) in [5.41, 5.74) is 2.39. The van der Waals surface area contributed by atoms with Crippen molar-refractivity contribution in [2.45, 2.75) is 33.1 Å². The predicted octanol–water partition coefficient (Wildman–Crippen LogP) is 3.46. The number of ketones is 1. The molecule has 5 heteroatoms. The predicted molar refractivity (Wildman–Crippen MR) is 109 cm³/mol. The number of aryl methyl sites for hydroxylation is 1. The Morgan fingerprint density at radius 1 is 1.08 bits per heavy atom. The van der Waals surface area contributed by atoms with Gasteiger partial charge >= 0.3 is 0 Å². The topological polar surface area (TPSA) is 26.8 Å². The Balaban J connectivity index is 1.37. The first-order chi connectivity index (χ1) is 12.5. The van der Waals surface area contributed by atoms with Gasteiger partial charge in [-0.25, -0.2) is 0 Å². The molecule has 1 aromatic carbocycles. The van der Waals surface area contributed by atoms with E-state index in [1.165, 1.54) is 31.5 Å². The molecular formula is C21H32ClN3O. The second-order valence-electron chi connectivity index (χ2n) is 7.97. The number of rotatable bonds is 6. The molecule has 0 aromatic heterocycles. The first-order valence-electron chi connectivity index (χ1n) is 9.96. The Morgan fingerprint density at radius 2 is 1.77 bits per heavy atom. The zero-order valence-corrected chi connectivity index (χ0v) is 17.0. The van der Waals surface area contributed by atoms with Gasteiger partial charge in [0.25, 0.3) is 0 Å². The van der Waals surface area contributed by atoms with Crippen LogP contribution in [0.15, 0.2) is 18.2 Å². The number of piperazine rings is 1. The number of halogens is 1. The fraction of sp³-hybridized carbons (Fsp3) is 0.667. The molecule has 2 aliphatic rings. The molecule has 0 saturated carbocycles. The van der Waals surface area contributed by atoms with E-state index in [-0.39, 0.29) is 5.78 Å². The molecular weight excluding hydrogens is 346 g/mol. The third-order valence-electron chi connectivity index (χ3n) is 5.90. The molecule has 2 heterocycles. The van der Waals surface area contributed by atoms with Crippen molar-refractivity contribution in [3.05, 3.63) is 28.8 Å². The van der Waals surface area contributed by atoms with Crippen molar-refractivity contribution in [3.8, 4) is 0 Å². The van der Waals surface area contributed by atoms with Crippen LogP contribution in [0.1, 0.15) is 31.7 Å². The van der Waals surface area contributed by atoms with Crippen LogP contribution >= 0.6 is 11.6 Å². The summed E-state index contributed by atoms with van der Waals surface area (Å²) in [5, 5.41) is 0.862. The Kier molecular flexibility index (Phi) is 6.96. The highest BCUT2D eigenvalue weighted by Gasteiger charge is 2.22. The van der Waals surface area contributed by atoms with Crippen molar-refractivity contribution in [1.82, 2.24) is 9.80 Å². The summed E-state index contributed by atoms with van der Waals surface area (Å²) in [4.78, 5) is 18.6. The van der Waals surface area contributed by atoms with Gasteiger partial charge in [0.1, 0.15) is 5.78 Å². The number of Topliss-reactive ketones (excluding diaryl/α,β-unsaturated/α-hetero) is 1. The van der Waals surface area contributed by atoms with Gasteiger partial charge in [-0.15, -0.1) is 0 Å². The number of likely N-dealkylation sites (tertiary alicyclic amines) is 1. The Bertz CT molecular complexity index is 605. The summed E-state index contributed by atoms with van der Waals surface area (Å²) >= 11 is 6.28. The van der Waals surface area contributed by atoms with E-state index in [9.17, 15) is 4.79 Å². The van der Waals surface area contributed by atoms with Gasteiger partial charge in [0, 0.05) is 36.9 Å². The second-order valence-corrected chi connectivity index (χ2v) is 8.38. The average molecular weight is 378 g/mol. The van der Waals surface area contributed by atoms with E-state index in [1.54, 1.807) is 6.92 Å². The minimum Gasteiger partial charge on any atom is -0.369 e. The highest BCUT2D eigenvalue weighted by Crippen LogP contribution is 2.25. The van der Waals surface area contributed by atoms with E-state index in [2.05, 4.69) is 39.8 Å². The Morgan fingerprint density at radius 3 is 2.38 bits per heavy atom. The van der Waals surface area contributed by atoms with E-state index in [0.29, 0.717) is 6.54 Å². The van der Waals surface area contributed by atoms with Crippen molar-refractivity contribution in [2.24, 2.45) is 5.92 Å². The van der Waals surface area contributed by atoms with Gasteiger partial charge in [0.05, 0.1) is 6.54 Å². The van der Waals surface area contributed by atoms with Crippen LogP contribution in [-0.4, -0.2) is 67.9 Å². The van der Waals surface area contributed by atoms with Gasteiger partial charge in [-0.1, -0.05) is 17.7 Å². The lowest BCUT2D eigenvalue weighted by atomic mass is 9.93. The Hall–Kier alpha value is -1.10. The molecule has 2 saturated heterocycles. The number of nitrogens with zero attached hydrogens (tertiary/aromatic N) is 3. The summed E-state index contributed by atoms with van der Waals surface area (Å²) in [7, 11) is 0. The van der Waals surface area contributed by atoms with Crippen LogP contribution < -0.4 is 4.90 Å². The lowest BCUT2D eigenvalue weighted by Crippen LogP contribution is -2.47. The fourth-order valence-corrected chi connectivity index (χ4v) is 4.30. The van der Waals surface area contributed by atoms with E-state index in [1.807, 2.05) is 0 Å². The number of hydrogen-bond acceptors (Lipinski definition) is 4. The van der Waals surface area contributed by atoms with Gasteiger partial charge in [0.2, 0.25) is 0 Å². The van der Waals surface area contributed by atoms with Crippen molar-refractivity contribution in [2.75, 3.05) is 57.3 Å². The number of benzene rings is 1. The summed E-state index contributed by atoms with van der Waals surface area (Å²) in [6, 6.07) is 6.40. The van der Waals surface area contributed by atoms with Crippen LogP contribution in [0.25, 0.3) is 0 Å². The van der Waals surface area contributed by atoms with Crippen LogP contribution in [0.5, 0.6) is 0 Å². The molecule has 0 radical (unpaired) electrons. The summed E-state index contributed by atoms with van der Waals surface area (Å²) in [6.45, 7) is 12.2. The molecule has 2 fully saturated rings. The fourth-order valence-electron chi connectivity index (χ4n) is 4.12. The lowest BCUT2D eigenvalue weighted by molar-refractivity contribution is -0.118. The lowest BCUT2D eigenvalue weighted by Gasteiger charge is -2.37. The molecule has 0 atom stereocenters. The number of hydrogen-bond donors (Lipinski definition) is 0. The first kappa shape index (κ1) is 19.7. The van der Waals surface area contributed by atoms with E-state index in [0.717, 1.165) is 55.8 Å². The minimum absolute atomic E-state index is 0.288. The quantitative estimate of drug-likeness (QED) is 0.758. The van der Waals surface area contributed by atoms with E-state index < -0.39 is 0 Å². The summed E-state index contributed by atoms with van der Waals surface area (Å²) < 4.78 is 0. The third kappa shape index (κ3) is 5.45. The van der Waals surface area contributed by atoms with E-state index >= 15 is 0 Å². The molecule has 4 nitrogen and oxygen atoms in total. The SMILES string of the molecule is CC(=O)CN1CCC(CCN2CCN(c3ccc(C)c(Cl)c3)CC2)CC1. The van der Waals surface area contributed by atoms with Crippen molar-refractivity contribution in [3.63, 3.8) is 0 Å². The smallest absolute Gasteiger partial charge is 0.143 e. The largest absolute Gasteiger partial charge is 0.369 e. The highest BCUT2D eigenvalue weighted by atomic mass is 35.5. The molecule has 1 aromatic rings. The van der Waals surface area contributed by atoms with Gasteiger partial charge in [-0.2, -0.15) is 0 Å². The maximum atomic E-state index is 11.2. The molecule has 3 rings (SSSR count). The van der Waals surface area contributed by atoms with Crippen LogP contribution in [0.2, 0.25) is 5.02 Å². The zero-order valence-electron chi connectivity index (χ0n) is 16.2. The standard InChI is InChI=1S/C21H32ClN3O/c1-17-3-4-20(15-21(17)22)25-13-11-23(12-14-25)8-5-19-6-9-24(10-7-19)16-18(2)26/h3-4,15,19H,5-14,16H2,1-2H3. The third-order valence-corrected chi connectivity index (χ3v) is 6.31. The number of carbonyl (C=O) groups is 1. The van der Waals surface area contributed by atoms with Gasteiger partial charge in [-0.3, -0.25) is 14.6 Å². The molecule has 2 aliphatic heterocycles. The molecule has 0 unspecified atom stereocenters. The molecule has 0 aliphatic carbocycles. The molecule has 144 valence electrons. The second kappa shape index (κ2) is 9.20. The van der Waals surface area contributed by atoms with Crippen molar-refractivity contribution >= 4 is 23.1 Å².